The van der Waals surface area contributed by atoms with Crippen LogP contribution in [0.1, 0.15) is 50.2 Å². The fraction of sp³-hybridized carbons (Fsp3) is 0.562. The summed E-state index contributed by atoms with van der Waals surface area (Å²) in [6.07, 6.45) is 6.20. The largest absolute Gasteiger partial charge is 0.496 e. The van der Waals surface area contributed by atoms with E-state index < -0.39 is 0 Å². The van der Waals surface area contributed by atoms with Crippen LogP contribution in [0.4, 0.5) is 0 Å². The molecule has 1 aromatic carbocycles. The molecule has 0 unspecified atom stereocenters. The second-order valence-electron chi connectivity index (χ2n) is 4.92. The van der Waals surface area contributed by atoms with Crippen LogP contribution in [-0.4, -0.2) is 19.6 Å². The van der Waals surface area contributed by atoms with Gasteiger partial charge in [-0.15, -0.1) is 0 Å². The number of benzene rings is 1. The van der Waals surface area contributed by atoms with E-state index in [0.717, 1.165) is 18.6 Å². The number of unbranched alkanes of at least 4 members (excludes halogenated alkanes) is 4. The molecule has 0 aliphatic heterocycles. The van der Waals surface area contributed by atoms with E-state index in [4.69, 9.17) is 20.6 Å². The monoisotopic (exact) mass is 278 g/mol. The molecule has 0 aliphatic carbocycles. The Balaban J connectivity index is 2.37. The van der Waals surface area contributed by atoms with E-state index in [1.165, 1.54) is 25.7 Å². The van der Waals surface area contributed by atoms with E-state index in [9.17, 15) is 0 Å². The third-order valence-corrected chi connectivity index (χ3v) is 3.22. The summed E-state index contributed by atoms with van der Waals surface area (Å²) in [5.74, 6) is 0.643. The number of methoxy groups -OCH3 is 1. The second-order valence-corrected chi connectivity index (χ2v) is 4.92. The molecule has 20 heavy (non-hydrogen) atoms. The summed E-state index contributed by atoms with van der Waals surface area (Å²) in [7, 11) is 1.58. The average molecular weight is 278 g/mol. The summed E-state index contributed by atoms with van der Waals surface area (Å²) in [6, 6.07) is 5.64. The van der Waals surface area contributed by atoms with E-state index >= 15 is 0 Å². The quantitative estimate of drug-likeness (QED) is 0.391. The predicted octanol–water partition coefficient (Wildman–Crippen LogP) is 3.47. The molecule has 0 radical (unpaired) electrons. The highest BCUT2D eigenvalue weighted by Gasteiger charge is 2.07. The Morgan fingerprint density at radius 1 is 1.20 bits per heavy atom. The van der Waals surface area contributed by atoms with E-state index in [0.29, 0.717) is 17.9 Å². The van der Waals surface area contributed by atoms with Crippen molar-refractivity contribution in [2.24, 2.45) is 5.73 Å². The molecule has 1 rings (SSSR count). The summed E-state index contributed by atoms with van der Waals surface area (Å²) in [5.41, 5.74) is 7.18. The Labute approximate surface area is 121 Å². The summed E-state index contributed by atoms with van der Waals surface area (Å²) in [4.78, 5) is 0. The Hall–Kier alpha value is -1.55. The molecule has 0 spiro atoms. The first-order valence-corrected chi connectivity index (χ1v) is 7.28. The van der Waals surface area contributed by atoms with Crippen LogP contribution in [0.3, 0.4) is 0 Å². The Kier molecular flexibility index (Phi) is 7.73. The summed E-state index contributed by atoms with van der Waals surface area (Å²) < 4.78 is 10.8. The summed E-state index contributed by atoms with van der Waals surface area (Å²) >= 11 is 0. The van der Waals surface area contributed by atoms with E-state index in [1.807, 2.05) is 18.2 Å². The van der Waals surface area contributed by atoms with Crippen LogP contribution < -0.4 is 10.5 Å². The van der Waals surface area contributed by atoms with Crippen LogP contribution in [0, 0.1) is 5.41 Å². The minimum absolute atomic E-state index is 0.0169. The van der Waals surface area contributed by atoms with Gasteiger partial charge in [-0.2, -0.15) is 0 Å². The Morgan fingerprint density at radius 2 is 1.95 bits per heavy atom. The number of nitrogens with one attached hydrogen (secondary N) is 1. The number of ether oxygens (including phenoxy) is 2. The lowest BCUT2D eigenvalue weighted by molar-refractivity contribution is 0.116. The first kappa shape index (κ1) is 16.5. The van der Waals surface area contributed by atoms with Crippen molar-refractivity contribution in [2.75, 3.05) is 13.7 Å². The molecule has 0 fully saturated rings. The smallest absolute Gasteiger partial charge is 0.129 e. The molecule has 0 heterocycles. The lowest BCUT2D eigenvalue weighted by Crippen LogP contribution is -2.13. The number of nitrogens with two attached hydrogens (primary N) is 1. The number of hydrogen-bond acceptors (Lipinski definition) is 3. The molecular formula is C16H26N2O2. The minimum atomic E-state index is 0.0169. The molecule has 4 heteroatoms. The van der Waals surface area contributed by atoms with Gasteiger partial charge in [0.2, 0.25) is 0 Å². The van der Waals surface area contributed by atoms with Crippen molar-refractivity contribution < 1.29 is 9.47 Å². The normalized spacial score (nSPS) is 10.5. The zero-order valence-electron chi connectivity index (χ0n) is 12.6. The van der Waals surface area contributed by atoms with E-state index in [-0.39, 0.29) is 5.84 Å². The fourth-order valence-corrected chi connectivity index (χ4v) is 2.05. The van der Waals surface area contributed by atoms with Crippen molar-refractivity contribution in [3.63, 3.8) is 0 Å². The maximum atomic E-state index is 7.54. The van der Waals surface area contributed by atoms with Crippen molar-refractivity contribution in [2.45, 2.75) is 45.6 Å². The molecular weight excluding hydrogens is 252 g/mol. The molecule has 3 N–H and O–H groups in total. The highest BCUT2D eigenvalue weighted by Crippen LogP contribution is 2.19. The van der Waals surface area contributed by atoms with Crippen molar-refractivity contribution >= 4 is 5.84 Å². The number of amidine groups is 1. The predicted molar refractivity (Wildman–Crippen MR) is 82.4 cm³/mol. The van der Waals surface area contributed by atoms with Crippen molar-refractivity contribution in [1.29, 1.82) is 5.41 Å². The van der Waals surface area contributed by atoms with Crippen molar-refractivity contribution in [1.82, 2.24) is 0 Å². The molecule has 0 saturated heterocycles. The molecule has 0 amide bonds. The molecule has 0 atom stereocenters. The van der Waals surface area contributed by atoms with Gasteiger partial charge in [0.1, 0.15) is 11.6 Å². The topological polar surface area (TPSA) is 68.3 Å². The van der Waals surface area contributed by atoms with Gasteiger partial charge in [-0.3, -0.25) is 5.41 Å². The average Bonchev–Trinajstić information content (AvgIpc) is 2.46. The number of rotatable bonds is 10. The number of nitrogen functional groups attached to an aromatic ring is 1. The van der Waals surface area contributed by atoms with Gasteiger partial charge in [-0.05, 0) is 24.1 Å². The van der Waals surface area contributed by atoms with Gasteiger partial charge >= 0.3 is 0 Å². The lowest BCUT2D eigenvalue weighted by Gasteiger charge is -2.10. The molecule has 4 nitrogen and oxygen atoms in total. The van der Waals surface area contributed by atoms with Gasteiger partial charge in [0, 0.05) is 6.61 Å². The molecule has 0 bridgehead atoms. The van der Waals surface area contributed by atoms with E-state index in [2.05, 4.69) is 6.92 Å². The third kappa shape index (κ3) is 5.61. The molecule has 0 aliphatic rings. The Bertz CT molecular complexity index is 419. The molecule has 112 valence electrons. The standard InChI is InChI=1S/C16H26N2O2/c1-3-4-5-6-7-10-20-12-13-8-9-15(19-2)14(11-13)16(17)18/h8-9,11H,3-7,10,12H2,1-2H3,(H3,17,18). The molecule has 0 aromatic heterocycles. The van der Waals surface area contributed by atoms with Gasteiger partial charge < -0.3 is 15.2 Å². The zero-order chi connectivity index (χ0) is 14.8. The van der Waals surface area contributed by atoms with Gasteiger partial charge in [0.25, 0.3) is 0 Å². The highest BCUT2D eigenvalue weighted by atomic mass is 16.5. The first-order chi connectivity index (χ1) is 9.69. The maximum Gasteiger partial charge on any atom is 0.129 e. The number of hydrogen-bond donors (Lipinski definition) is 2. The van der Waals surface area contributed by atoms with Crippen LogP contribution in [0.25, 0.3) is 0 Å². The van der Waals surface area contributed by atoms with Gasteiger partial charge in [-0.25, -0.2) is 0 Å². The fourth-order valence-electron chi connectivity index (χ4n) is 2.05. The van der Waals surface area contributed by atoms with Crippen LogP contribution in [-0.2, 0) is 11.3 Å². The van der Waals surface area contributed by atoms with E-state index in [1.54, 1.807) is 7.11 Å². The second kappa shape index (κ2) is 9.37. The SMILES string of the molecule is CCCCCCCOCc1ccc(OC)c(C(=N)N)c1. The highest BCUT2D eigenvalue weighted by molar-refractivity contribution is 5.97. The van der Waals surface area contributed by atoms with Gasteiger partial charge in [0.05, 0.1) is 19.3 Å². The van der Waals surface area contributed by atoms with Crippen molar-refractivity contribution in [3.8, 4) is 5.75 Å². The minimum Gasteiger partial charge on any atom is -0.496 e. The van der Waals surface area contributed by atoms with Gasteiger partial charge in [-0.1, -0.05) is 38.7 Å². The summed E-state index contributed by atoms with van der Waals surface area (Å²) in [5, 5.41) is 7.54. The molecule has 0 saturated carbocycles. The lowest BCUT2D eigenvalue weighted by atomic mass is 10.1. The zero-order valence-corrected chi connectivity index (χ0v) is 12.6. The van der Waals surface area contributed by atoms with Crippen LogP contribution in [0.5, 0.6) is 5.75 Å². The first-order valence-electron chi connectivity index (χ1n) is 7.28. The Morgan fingerprint density at radius 3 is 2.60 bits per heavy atom. The van der Waals surface area contributed by atoms with Crippen LogP contribution >= 0.6 is 0 Å². The van der Waals surface area contributed by atoms with Gasteiger partial charge in [0.15, 0.2) is 0 Å². The van der Waals surface area contributed by atoms with Crippen LogP contribution in [0.2, 0.25) is 0 Å². The summed E-state index contributed by atoms with van der Waals surface area (Å²) in [6.45, 7) is 3.55. The molecule has 1 aromatic rings. The third-order valence-electron chi connectivity index (χ3n) is 3.22. The van der Waals surface area contributed by atoms with Crippen molar-refractivity contribution in [3.05, 3.63) is 29.3 Å². The van der Waals surface area contributed by atoms with Crippen LogP contribution in [0.15, 0.2) is 18.2 Å². The maximum absolute atomic E-state index is 7.54.